The van der Waals surface area contributed by atoms with E-state index in [-0.39, 0.29) is 18.1 Å². The Kier molecular flexibility index (Phi) is 3.46. The zero-order valence-corrected chi connectivity index (χ0v) is 10.1. The maximum absolute atomic E-state index is 9.23. The lowest BCUT2D eigenvalue weighted by Gasteiger charge is -2.18. The van der Waals surface area contributed by atoms with Gasteiger partial charge >= 0.3 is 0 Å². The van der Waals surface area contributed by atoms with Crippen LogP contribution in [0.4, 0.5) is 0 Å². The van der Waals surface area contributed by atoms with Crippen molar-refractivity contribution in [3.63, 3.8) is 0 Å². The summed E-state index contributed by atoms with van der Waals surface area (Å²) in [6.07, 6.45) is 2.24. The van der Waals surface area contributed by atoms with Gasteiger partial charge in [-0.05, 0) is 37.5 Å². The lowest BCUT2D eigenvalue weighted by Crippen LogP contribution is -2.28. The normalized spacial score (nSPS) is 18.4. The maximum atomic E-state index is 9.23. The minimum Gasteiger partial charge on any atom is -0.396 e. The lowest BCUT2D eigenvalue weighted by atomic mass is 10.0. The van der Waals surface area contributed by atoms with E-state index in [9.17, 15) is 5.11 Å². The van der Waals surface area contributed by atoms with Crippen LogP contribution < -0.4 is 5.32 Å². The molecule has 1 aliphatic rings. The van der Waals surface area contributed by atoms with E-state index in [0.717, 1.165) is 19.4 Å². The van der Waals surface area contributed by atoms with E-state index < -0.39 is 0 Å². The minimum atomic E-state index is 0.140. The second kappa shape index (κ2) is 4.87. The topological polar surface area (TPSA) is 56.0 Å². The smallest absolute Gasteiger partial charge is 0.0991 e. The van der Waals surface area contributed by atoms with Crippen molar-refractivity contribution < 1.29 is 5.11 Å². The molecule has 0 heterocycles. The third-order valence-electron chi connectivity index (χ3n) is 3.62. The van der Waals surface area contributed by atoms with Gasteiger partial charge in [-0.2, -0.15) is 5.26 Å². The van der Waals surface area contributed by atoms with Crippen molar-refractivity contribution in [3.8, 4) is 6.07 Å². The molecule has 0 aromatic heterocycles. The average Bonchev–Trinajstić information content (AvgIpc) is 3.17. The van der Waals surface area contributed by atoms with Crippen molar-refractivity contribution in [2.24, 2.45) is 5.41 Å². The van der Waals surface area contributed by atoms with E-state index in [4.69, 9.17) is 5.26 Å². The molecule has 3 heteroatoms. The van der Waals surface area contributed by atoms with E-state index in [0.29, 0.717) is 5.56 Å². The Hall–Kier alpha value is -1.37. The van der Waals surface area contributed by atoms with Crippen molar-refractivity contribution in [2.75, 3.05) is 13.2 Å². The van der Waals surface area contributed by atoms with Crippen LogP contribution in [-0.2, 0) is 0 Å². The van der Waals surface area contributed by atoms with Crippen molar-refractivity contribution in [1.82, 2.24) is 5.32 Å². The van der Waals surface area contributed by atoms with Gasteiger partial charge in [-0.25, -0.2) is 0 Å². The largest absolute Gasteiger partial charge is 0.396 e. The molecular weight excluding hydrogens is 212 g/mol. The van der Waals surface area contributed by atoms with Gasteiger partial charge in [0.15, 0.2) is 0 Å². The van der Waals surface area contributed by atoms with Crippen LogP contribution in [0.2, 0.25) is 0 Å². The lowest BCUT2D eigenvalue weighted by molar-refractivity contribution is 0.204. The zero-order chi connectivity index (χ0) is 12.3. The molecule has 0 amide bonds. The summed E-state index contributed by atoms with van der Waals surface area (Å²) < 4.78 is 0. The second-order valence-electron chi connectivity index (χ2n) is 4.99. The molecule has 0 radical (unpaired) electrons. The number of nitrogens with zero attached hydrogens (tertiary/aromatic N) is 1. The van der Waals surface area contributed by atoms with Crippen LogP contribution in [-0.4, -0.2) is 18.3 Å². The van der Waals surface area contributed by atoms with Crippen molar-refractivity contribution in [2.45, 2.75) is 25.8 Å². The Morgan fingerprint density at radius 3 is 2.53 bits per heavy atom. The third-order valence-corrected chi connectivity index (χ3v) is 3.62. The fourth-order valence-corrected chi connectivity index (χ4v) is 1.90. The van der Waals surface area contributed by atoms with E-state index >= 15 is 0 Å². The van der Waals surface area contributed by atoms with Gasteiger partial charge in [-0.1, -0.05) is 12.1 Å². The van der Waals surface area contributed by atoms with Gasteiger partial charge in [0, 0.05) is 24.6 Å². The highest BCUT2D eigenvalue weighted by Crippen LogP contribution is 2.44. The highest BCUT2D eigenvalue weighted by atomic mass is 16.3. The fourth-order valence-electron chi connectivity index (χ4n) is 1.90. The molecule has 0 spiro atoms. The summed E-state index contributed by atoms with van der Waals surface area (Å²) >= 11 is 0. The van der Waals surface area contributed by atoms with Gasteiger partial charge in [-0.3, -0.25) is 0 Å². The van der Waals surface area contributed by atoms with E-state index in [1.165, 1.54) is 5.56 Å². The molecule has 0 bridgehead atoms. The van der Waals surface area contributed by atoms with E-state index in [1.807, 2.05) is 24.3 Å². The molecule has 0 aliphatic heterocycles. The number of hydrogen-bond donors (Lipinski definition) is 2. The van der Waals surface area contributed by atoms with Crippen LogP contribution in [0.25, 0.3) is 0 Å². The summed E-state index contributed by atoms with van der Waals surface area (Å²) in [4.78, 5) is 0. The molecule has 2 rings (SSSR count). The zero-order valence-electron chi connectivity index (χ0n) is 10.1. The number of hydrogen-bond acceptors (Lipinski definition) is 3. The number of aliphatic hydroxyl groups is 1. The van der Waals surface area contributed by atoms with Crippen LogP contribution in [0.3, 0.4) is 0 Å². The van der Waals surface area contributed by atoms with E-state index in [1.54, 1.807) is 0 Å². The third kappa shape index (κ3) is 2.85. The summed E-state index contributed by atoms with van der Waals surface area (Å²) in [5, 5.41) is 21.4. The van der Waals surface area contributed by atoms with Gasteiger partial charge < -0.3 is 10.4 Å². The molecule has 1 atom stereocenters. The summed E-state index contributed by atoms with van der Waals surface area (Å²) in [7, 11) is 0. The quantitative estimate of drug-likeness (QED) is 0.813. The molecule has 17 heavy (non-hydrogen) atoms. The summed E-state index contributed by atoms with van der Waals surface area (Å²) in [5.74, 6) is 0. The van der Waals surface area contributed by atoms with Crippen molar-refractivity contribution in [1.29, 1.82) is 5.26 Å². The molecule has 1 aromatic carbocycles. The molecule has 1 aliphatic carbocycles. The number of benzene rings is 1. The van der Waals surface area contributed by atoms with Crippen LogP contribution in [0, 0.1) is 16.7 Å². The van der Waals surface area contributed by atoms with Gasteiger partial charge in [0.25, 0.3) is 0 Å². The first-order valence-corrected chi connectivity index (χ1v) is 6.03. The first-order valence-electron chi connectivity index (χ1n) is 6.03. The molecule has 2 N–H and O–H groups in total. The number of rotatable bonds is 5. The number of nitriles is 1. The summed E-state index contributed by atoms with van der Waals surface area (Å²) in [6, 6.07) is 10.0. The molecule has 1 aromatic rings. The summed E-state index contributed by atoms with van der Waals surface area (Å²) in [5.41, 5.74) is 2.01. The molecule has 90 valence electrons. The highest BCUT2D eigenvalue weighted by Gasteiger charge is 2.41. The summed E-state index contributed by atoms with van der Waals surface area (Å²) in [6.45, 7) is 3.25. The molecule has 1 unspecified atom stereocenters. The van der Waals surface area contributed by atoms with Crippen LogP contribution in [0.15, 0.2) is 24.3 Å². The van der Waals surface area contributed by atoms with Crippen molar-refractivity contribution in [3.05, 3.63) is 35.4 Å². The monoisotopic (exact) mass is 230 g/mol. The number of aliphatic hydroxyl groups excluding tert-OH is 1. The van der Waals surface area contributed by atoms with E-state index in [2.05, 4.69) is 18.3 Å². The predicted molar refractivity (Wildman–Crippen MR) is 66.3 cm³/mol. The van der Waals surface area contributed by atoms with Crippen LogP contribution >= 0.6 is 0 Å². The molecule has 1 saturated carbocycles. The molecule has 0 saturated heterocycles. The Balaban J connectivity index is 1.90. The first-order chi connectivity index (χ1) is 8.19. The Morgan fingerprint density at radius 2 is 2.06 bits per heavy atom. The molecule has 3 nitrogen and oxygen atoms in total. The van der Waals surface area contributed by atoms with Gasteiger partial charge in [0.05, 0.1) is 11.6 Å². The highest BCUT2D eigenvalue weighted by molar-refractivity contribution is 5.32. The fraction of sp³-hybridized carbons (Fsp3) is 0.500. The van der Waals surface area contributed by atoms with Gasteiger partial charge in [0.1, 0.15) is 0 Å². The Labute approximate surface area is 102 Å². The van der Waals surface area contributed by atoms with Crippen LogP contribution in [0.5, 0.6) is 0 Å². The van der Waals surface area contributed by atoms with Gasteiger partial charge in [0.2, 0.25) is 0 Å². The Morgan fingerprint density at radius 1 is 1.41 bits per heavy atom. The Bertz CT molecular complexity index is 415. The maximum Gasteiger partial charge on any atom is 0.0991 e. The first kappa shape index (κ1) is 12.1. The van der Waals surface area contributed by atoms with Crippen LogP contribution in [0.1, 0.15) is 36.9 Å². The number of nitrogens with one attached hydrogen (secondary N) is 1. The minimum absolute atomic E-state index is 0.140. The standard InChI is InChI=1S/C14H18N2O/c1-11(16-9-14(10-17)6-7-14)13-4-2-12(8-15)3-5-13/h2-5,11,16-17H,6-7,9-10H2,1H3. The predicted octanol–water partition coefficient (Wildman–Crippen LogP) is 1.98. The van der Waals surface area contributed by atoms with Crippen molar-refractivity contribution >= 4 is 0 Å². The molecular formula is C14H18N2O. The molecule has 1 fully saturated rings. The SMILES string of the molecule is CC(NCC1(CO)CC1)c1ccc(C#N)cc1. The average molecular weight is 230 g/mol. The second-order valence-corrected chi connectivity index (χ2v) is 4.99. The van der Waals surface area contributed by atoms with Gasteiger partial charge in [-0.15, -0.1) is 0 Å².